The van der Waals surface area contributed by atoms with Gasteiger partial charge in [-0.1, -0.05) is 11.6 Å². The van der Waals surface area contributed by atoms with Crippen LogP contribution in [-0.2, 0) is 0 Å². The van der Waals surface area contributed by atoms with Gasteiger partial charge < -0.3 is 15.5 Å². The lowest BCUT2D eigenvalue weighted by Gasteiger charge is -2.34. The summed E-state index contributed by atoms with van der Waals surface area (Å²) in [5.74, 6) is 0.853. The van der Waals surface area contributed by atoms with Gasteiger partial charge in [0.05, 0.1) is 11.7 Å². The zero-order valence-corrected chi connectivity index (χ0v) is 18.3. The van der Waals surface area contributed by atoms with E-state index in [-0.39, 0.29) is 18.0 Å². The number of pyridine rings is 1. The number of nitrogens with zero attached hydrogens (tertiary/aromatic N) is 6. The van der Waals surface area contributed by atoms with Gasteiger partial charge in [0.15, 0.2) is 5.65 Å². The summed E-state index contributed by atoms with van der Waals surface area (Å²) in [7, 11) is 0. The van der Waals surface area contributed by atoms with E-state index < -0.39 is 0 Å². The van der Waals surface area contributed by atoms with Crippen LogP contribution in [0.3, 0.4) is 0 Å². The molecule has 5 heterocycles. The zero-order valence-electron chi connectivity index (χ0n) is 17.5. The Labute approximate surface area is 186 Å². The lowest BCUT2D eigenvalue weighted by molar-refractivity contribution is 0.0599. The van der Waals surface area contributed by atoms with E-state index in [9.17, 15) is 4.79 Å². The van der Waals surface area contributed by atoms with Crippen LogP contribution in [-0.4, -0.2) is 56.1 Å². The van der Waals surface area contributed by atoms with E-state index in [1.165, 1.54) is 0 Å². The highest BCUT2D eigenvalue weighted by Gasteiger charge is 2.31. The van der Waals surface area contributed by atoms with Gasteiger partial charge in [-0.05, 0) is 44.7 Å². The Hall–Kier alpha value is -2.71. The zero-order chi connectivity index (χ0) is 21.5. The molecule has 3 aromatic heterocycles. The number of carbonyl (C=O) groups excluding carboxylic acids is 1. The predicted octanol–water partition coefficient (Wildman–Crippen LogP) is 2.99. The number of hydrogen-bond donors (Lipinski definition) is 1. The van der Waals surface area contributed by atoms with E-state index >= 15 is 0 Å². The van der Waals surface area contributed by atoms with E-state index in [0.717, 1.165) is 61.5 Å². The van der Waals surface area contributed by atoms with Gasteiger partial charge in [0.2, 0.25) is 0 Å². The second-order valence-corrected chi connectivity index (χ2v) is 8.92. The first-order valence-electron chi connectivity index (χ1n) is 10.8. The lowest BCUT2D eigenvalue weighted by atomic mass is 9.99. The Kier molecular flexibility index (Phi) is 5.27. The summed E-state index contributed by atoms with van der Waals surface area (Å²) in [5, 5.41) is 5.30. The Balaban J connectivity index is 1.47. The number of piperidine rings is 1. The maximum Gasteiger partial charge on any atom is 0.273 e. The van der Waals surface area contributed by atoms with Crippen LogP contribution < -0.4 is 10.6 Å². The molecule has 2 aliphatic rings. The minimum Gasteiger partial charge on any atom is -0.355 e. The first-order chi connectivity index (χ1) is 15.0. The first kappa shape index (κ1) is 20.2. The van der Waals surface area contributed by atoms with Crippen molar-refractivity contribution in [3.63, 3.8) is 0 Å². The van der Waals surface area contributed by atoms with Crippen LogP contribution >= 0.6 is 11.6 Å². The number of halogens is 1. The van der Waals surface area contributed by atoms with Crippen LogP contribution in [0.2, 0.25) is 5.02 Å². The molecule has 0 spiro atoms. The molecule has 1 amide bonds. The molecule has 0 saturated carbocycles. The van der Waals surface area contributed by atoms with Crippen molar-refractivity contribution >= 4 is 29.0 Å². The third-order valence-corrected chi connectivity index (χ3v) is 6.43. The summed E-state index contributed by atoms with van der Waals surface area (Å²) < 4.78 is 1.82. The summed E-state index contributed by atoms with van der Waals surface area (Å²) in [5.41, 5.74) is 9.17. The van der Waals surface area contributed by atoms with Crippen molar-refractivity contribution in [1.82, 2.24) is 24.5 Å². The van der Waals surface area contributed by atoms with E-state index in [4.69, 9.17) is 27.4 Å². The highest BCUT2D eigenvalue weighted by atomic mass is 35.5. The van der Waals surface area contributed by atoms with Crippen LogP contribution in [0.15, 0.2) is 30.6 Å². The van der Waals surface area contributed by atoms with Gasteiger partial charge in [0, 0.05) is 54.7 Å². The molecule has 0 bridgehead atoms. The number of aryl methyl sites for hydroxylation is 1. The van der Waals surface area contributed by atoms with Gasteiger partial charge in [-0.3, -0.25) is 9.78 Å². The Morgan fingerprint density at radius 1 is 1.23 bits per heavy atom. The topological polar surface area (TPSA) is 92.6 Å². The molecule has 31 heavy (non-hydrogen) atoms. The highest BCUT2D eigenvalue weighted by Crippen LogP contribution is 2.32. The fourth-order valence-electron chi connectivity index (χ4n) is 4.63. The minimum atomic E-state index is -0.111. The maximum atomic E-state index is 13.2. The van der Waals surface area contributed by atoms with E-state index in [0.29, 0.717) is 17.3 Å². The molecule has 0 radical (unpaired) electrons. The fourth-order valence-corrected chi connectivity index (χ4v) is 4.79. The number of anilines is 1. The van der Waals surface area contributed by atoms with Crippen molar-refractivity contribution in [2.75, 3.05) is 24.5 Å². The first-order valence-corrected chi connectivity index (χ1v) is 11.2. The number of hydrogen-bond acceptors (Lipinski definition) is 6. The van der Waals surface area contributed by atoms with Gasteiger partial charge >= 0.3 is 0 Å². The molecular formula is C22H26ClN7O. The van der Waals surface area contributed by atoms with E-state index in [1.54, 1.807) is 18.3 Å². The number of nitrogens with two attached hydrogens (primary N) is 1. The molecule has 8 nitrogen and oxygen atoms in total. The van der Waals surface area contributed by atoms with E-state index in [2.05, 4.69) is 9.88 Å². The van der Waals surface area contributed by atoms with Gasteiger partial charge in [0.25, 0.3) is 5.91 Å². The molecule has 2 N–H and O–H groups in total. The smallest absolute Gasteiger partial charge is 0.273 e. The normalized spacial score (nSPS) is 21.8. The van der Waals surface area contributed by atoms with Gasteiger partial charge in [-0.15, -0.1) is 0 Å². The molecule has 0 aromatic carbocycles. The van der Waals surface area contributed by atoms with Crippen LogP contribution in [0.1, 0.15) is 53.5 Å². The number of amides is 1. The molecule has 162 valence electrons. The molecule has 5 rings (SSSR count). The molecule has 2 unspecified atom stereocenters. The average molecular weight is 440 g/mol. The number of carbonyl (C=O) groups is 1. The molecule has 2 aliphatic heterocycles. The lowest BCUT2D eigenvalue weighted by Crippen LogP contribution is -2.39. The number of rotatable bonds is 3. The van der Waals surface area contributed by atoms with E-state index in [1.807, 2.05) is 28.6 Å². The second kappa shape index (κ2) is 8.09. The van der Waals surface area contributed by atoms with Gasteiger partial charge in [-0.2, -0.15) is 5.10 Å². The molecule has 2 fully saturated rings. The fraction of sp³-hybridized carbons (Fsp3) is 0.455. The SMILES string of the molecule is Cc1cn2nc(C3CCCCN3C(=O)c3cc(Cl)ccn3)cc2nc1N1CCC(N)C1. The number of fused-ring (bicyclic) bond motifs is 1. The molecule has 3 aromatic rings. The van der Waals surface area contributed by atoms with Crippen LogP contribution in [0.5, 0.6) is 0 Å². The van der Waals surface area contributed by atoms with Crippen molar-refractivity contribution in [2.45, 2.75) is 44.7 Å². The monoisotopic (exact) mass is 439 g/mol. The largest absolute Gasteiger partial charge is 0.355 e. The Morgan fingerprint density at radius 2 is 2.10 bits per heavy atom. The molecule has 0 aliphatic carbocycles. The quantitative estimate of drug-likeness (QED) is 0.674. The summed E-state index contributed by atoms with van der Waals surface area (Å²) >= 11 is 6.08. The number of aromatic nitrogens is 4. The third-order valence-electron chi connectivity index (χ3n) is 6.19. The van der Waals surface area contributed by atoms with Crippen molar-refractivity contribution in [2.24, 2.45) is 5.73 Å². The average Bonchev–Trinajstić information content (AvgIpc) is 3.38. The predicted molar refractivity (Wildman–Crippen MR) is 119 cm³/mol. The molecule has 2 saturated heterocycles. The summed E-state index contributed by atoms with van der Waals surface area (Å²) in [6.07, 6.45) is 7.44. The van der Waals surface area contributed by atoms with Crippen molar-refractivity contribution < 1.29 is 4.79 Å². The minimum absolute atomic E-state index is 0.104. The standard InChI is InChI=1S/C22H26ClN7O/c1-14-12-30-20(26-21(14)28-9-6-16(24)13-28)11-17(27-30)19-4-2-3-8-29(19)22(31)18-10-15(23)5-7-25-18/h5,7,10-12,16,19H,2-4,6,8-9,13,24H2,1H3. The molecule has 2 atom stereocenters. The highest BCUT2D eigenvalue weighted by molar-refractivity contribution is 6.30. The molecular weight excluding hydrogens is 414 g/mol. The Morgan fingerprint density at radius 3 is 2.87 bits per heavy atom. The van der Waals surface area contributed by atoms with Gasteiger partial charge in [0.1, 0.15) is 11.5 Å². The maximum absolute atomic E-state index is 13.2. The van der Waals surface area contributed by atoms with Crippen LogP contribution in [0, 0.1) is 6.92 Å². The summed E-state index contributed by atoms with van der Waals surface area (Å²) in [6.45, 7) is 4.47. The van der Waals surface area contributed by atoms with Crippen molar-refractivity contribution in [3.05, 3.63) is 52.6 Å². The van der Waals surface area contributed by atoms with Crippen molar-refractivity contribution in [1.29, 1.82) is 0 Å². The van der Waals surface area contributed by atoms with Gasteiger partial charge in [-0.25, -0.2) is 9.50 Å². The summed E-state index contributed by atoms with van der Waals surface area (Å²) in [6, 6.07) is 5.39. The van der Waals surface area contributed by atoms with Crippen LogP contribution in [0.25, 0.3) is 5.65 Å². The Bertz CT molecular complexity index is 1130. The van der Waals surface area contributed by atoms with Crippen LogP contribution in [0.4, 0.5) is 5.82 Å². The second-order valence-electron chi connectivity index (χ2n) is 8.48. The number of likely N-dealkylation sites (tertiary alicyclic amines) is 1. The molecule has 9 heteroatoms. The third kappa shape index (κ3) is 3.85. The van der Waals surface area contributed by atoms with Crippen molar-refractivity contribution in [3.8, 4) is 0 Å². The summed E-state index contributed by atoms with van der Waals surface area (Å²) in [4.78, 5) is 26.4.